The van der Waals surface area contributed by atoms with E-state index in [1.54, 1.807) is 24.3 Å². The lowest BCUT2D eigenvalue weighted by Crippen LogP contribution is -2.18. The number of rotatable bonds is 11. The van der Waals surface area contributed by atoms with Crippen LogP contribution in [-0.4, -0.2) is 11.9 Å². The number of carbonyl (C=O) groups excluding carboxylic acids is 2. The largest absolute Gasteiger partial charge is 0.545 e. The van der Waals surface area contributed by atoms with Crippen molar-refractivity contribution in [3.63, 3.8) is 0 Å². The van der Waals surface area contributed by atoms with Crippen molar-refractivity contribution < 1.29 is 14.7 Å². The molecule has 0 fully saturated rings. The van der Waals surface area contributed by atoms with Gasteiger partial charge in [0.25, 0.3) is 0 Å². The number of carbonyl (C=O) groups is 2. The van der Waals surface area contributed by atoms with Crippen LogP contribution in [0.15, 0.2) is 30.3 Å². The molecule has 1 N–H and O–H groups in total. The van der Waals surface area contributed by atoms with Crippen molar-refractivity contribution in [2.24, 2.45) is 0 Å². The molecule has 23 heavy (non-hydrogen) atoms. The molecule has 1 aromatic carbocycles. The van der Waals surface area contributed by atoms with Gasteiger partial charge in [-0.2, -0.15) is 0 Å². The molecule has 4 nitrogen and oxygen atoms in total. The number of unbranched alkanes of at least 4 members (excludes halogenated alkanes) is 6. The van der Waals surface area contributed by atoms with Crippen molar-refractivity contribution in [1.82, 2.24) is 0 Å². The molecule has 0 heterocycles. The quantitative estimate of drug-likeness (QED) is 0.501. The highest BCUT2D eigenvalue weighted by atomic mass is 16.4. The topological polar surface area (TPSA) is 69.2 Å². The Hall–Kier alpha value is -2.10. The molecule has 0 aliphatic carbocycles. The fraction of sp³-hybridized carbons (Fsp3) is 0.474. The van der Waals surface area contributed by atoms with Gasteiger partial charge in [-0.1, -0.05) is 63.7 Å². The smallest absolute Gasteiger partial charge is 0.224 e. The molecular formula is C19H26NO3-. The van der Waals surface area contributed by atoms with Gasteiger partial charge >= 0.3 is 0 Å². The maximum atomic E-state index is 11.8. The minimum absolute atomic E-state index is 0.0246. The van der Waals surface area contributed by atoms with E-state index in [0.717, 1.165) is 30.2 Å². The Labute approximate surface area is 138 Å². The van der Waals surface area contributed by atoms with Gasteiger partial charge in [0.15, 0.2) is 0 Å². The minimum atomic E-state index is -1.22. The molecule has 0 aromatic heterocycles. The first-order valence-corrected chi connectivity index (χ1v) is 8.41. The lowest BCUT2D eigenvalue weighted by Gasteiger charge is -2.06. The van der Waals surface area contributed by atoms with Crippen LogP contribution in [0.5, 0.6) is 0 Å². The van der Waals surface area contributed by atoms with Crippen LogP contribution >= 0.6 is 0 Å². The SMILES string of the molecule is CCCCCCCCCC(=O)Nc1ccc(/C=C/C(=O)[O-])cc1. The van der Waals surface area contributed by atoms with Crippen LogP contribution in [0.1, 0.15) is 63.9 Å². The highest BCUT2D eigenvalue weighted by molar-refractivity contribution is 5.90. The summed E-state index contributed by atoms with van der Waals surface area (Å²) in [5, 5.41) is 13.2. The van der Waals surface area contributed by atoms with Crippen LogP contribution < -0.4 is 10.4 Å². The number of carboxylic acids is 1. The van der Waals surface area contributed by atoms with Crippen molar-refractivity contribution in [3.8, 4) is 0 Å². The number of hydrogen-bond acceptors (Lipinski definition) is 3. The summed E-state index contributed by atoms with van der Waals surface area (Å²) in [5.41, 5.74) is 1.47. The van der Waals surface area contributed by atoms with E-state index in [2.05, 4.69) is 12.2 Å². The van der Waals surface area contributed by atoms with Gasteiger partial charge in [0, 0.05) is 12.1 Å². The molecule has 1 aromatic rings. The summed E-state index contributed by atoms with van der Waals surface area (Å²) in [5.74, 6) is -1.20. The molecule has 0 atom stereocenters. The van der Waals surface area contributed by atoms with Gasteiger partial charge in [-0.3, -0.25) is 4.79 Å². The molecule has 0 aliphatic rings. The van der Waals surface area contributed by atoms with Gasteiger partial charge < -0.3 is 15.2 Å². The van der Waals surface area contributed by atoms with Crippen LogP contribution in [0.25, 0.3) is 6.08 Å². The maximum Gasteiger partial charge on any atom is 0.224 e. The second-order valence-electron chi connectivity index (χ2n) is 5.69. The van der Waals surface area contributed by atoms with E-state index in [1.165, 1.54) is 38.2 Å². The molecule has 0 spiro atoms. The van der Waals surface area contributed by atoms with E-state index < -0.39 is 5.97 Å². The fourth-order valence-electron chi connectivity index (χ4n) is 2.31. The number of hydrogen-bond donors (Lipinski definition) is 1. The van der Waals surface area contributed by atoms with Crippen molar-refractivity contribution in [2.75, 3.05) is 5.32 Å². The summed E-state index contributed by atoms with van der Waals surface area (Å²) in [7, 11) is 0. The van der Waals surface area contributed by atoms with E-state index in [4.69, 9.17) is 0 Å². The average molecular weight is 316 g/mol. The summed E-state index contributed by atoms with van der Waals surface area (Å²) < 4.78 is 0. The van der Waals surface area contributed by atoms with Crippen LogP contribution in [-0.2, 0) is 9.59 Å². The summed E-state index contributed by atoms with van der Waals surface area (Å²) in [6.07, 6.45) is 11.3. The van der Waals surface area contributed by atoms with Gasteiger partial charge in [-0.15, -0.1) is 0 Å². The zero-order chi connectivity index (χ0) is 16.9. The van der Waals surface area contributed by atoms with Crippen LogP contribution in [0.4, 0.5) is 5.69 Å². The molecule has 0 unspecified atom stereocenters. The van der Waals surface area contributed by atoms with Crippen LogP contribution in [0, 0.1) is 0 Å². The number of carboxylic acid groups (broad SMARTS) is 1. The third-order valence-corrected chi connectivity index (χ3v) is 3.61. The predicted octanol–water partition coefficient (Wildman–Crippen LogP) is 3.53. The second kappa shape index (κ2) is 11.5. The first kappa shape index (κ1) is 18.9. The number of aliphatic carboxylic acids is 1. The average Bonchev–Trinajstić information content (AvgIpc) is 2.53. The van der Waals surface area contributed by atoms with Gasteiger partial charge in [0.2, 0.25) is 5.91 Å². The summed E-state index contributed by atoms with van der Waals surface area (Å²) in [6.45, 7) is 2.20. The molecule has 4 heteroatoms. The monoisotopic (exact) mass is 316 g/mol. The van der Waals surface area contributed by atoms with Gasteiger partial charge in [-0.25, -0.2) is 0 Å². The number of anilines is 1. The second-order valence-corrected chi connectivity index (χ2v) is 5.69. The van der Waals surface area contributed by atoms with Crippen molar-refractivity contribution in [3.05, 3.63) is 35.9 Å². The minimum Gasteiger partial charge on any atom is -0.545 e. The molecule has 0 aliphatic heterocycles. The zero-order valence-electron chi connectivity index (χ0n) is 13.8. The molecule has 0 saturated heterocycles. The van der Waals surface area contributed by atoms with Gasteiger partial charge in [0.1, 0.15) is 0 Å². The standard InChI is InChI=1S/C19H27NO3/c1-2-3-4-5-6-7-8-9-18(21)20-17-13-10-16(11-14-17)12-15-19(22)23/h10-15H,2-9H2,1H3,(H,20,21)(H,22,23)/p-1/b15-12+. The Morgan fingerprint density at radius 3 is 2.22 bits per heavy atom. The zero-order valence-corrected chi connectivity index (χ0v) is 13.8. The van der Waals surface area contributed by atoms with E-state index in [-0.39, 0.29) is 5.91 Å². The summed E-state index contributed by atoms with van der Waals surface area (Å²) >= 11 is 0. The van der Waals surface area contributed by atoms with Gasteiger partial charge in [0.05, 0.1) is 5.97 Å². The molecular weight excluding hydrogens is 290 g/mol. The summed E-state index contributed by atoms with van der Waals surface area (Å²) in [4.78, 5) is 22.2. The van der Waals surface area contributed by atoms with Crippen LogP contribution in [0.3, 0.4) is 0 Å². The summed E-state index contributed by atoms with van der Waals surface area (Å²) in [6, 6.07) is 7.03. The molecule has 1 amide bonds. The number of amides is 1. The Morgan fingerprint density at radius 1 is 1.00 bits per heavy atom. The fourth-order valence-corrected chi connectivity index (χ4v) is 2.31. The van der Waals surface area contributed by atoms with Gasteiger partial charge in [-0.05, 0) is 30.2 Å². The van der Waals surface area contributed by atoms with Crippen LogP contribution in [0.2, 0.25) is 0 Å². The maximum absolute atomic E-state index is 11.8. The third kappa shape index (κ3) is 9.51. The third-order valence-electron chi connectivity index (χ3n) is 3.61. The Bertz CT molecular complexity index is 506. The van der Waals surface area contributed by atoms with Crippen molar-refractivity contribution in [2.45, 2.75) is 58.3 Å². The Balaban J connectivity index is 2.22. The lowest BCUT2D eigenvalue weighted by atomic mass is 10.1. The Kier molecular flexibility index (Phi) is 9.45. The highest BCUT2D eigenvalue weighted by Gasteiger charge is 2.02. The lowest BCUT2D eigenvalue weighted by molar-refractivity contribution is -0.297. The van der Waals surface area contributed by atoms with E-state index >= 15 is 0 Å². The molecule has 0 bridgehead atoms. The van der Waals surface area contributed by atoms with E-state index in [0.29, 0.717) is 6.42 Å². The van der Waals surface area contributed by atoms with E-state index in [9.17, 15) is 14.7 Å². The number of benzene rings is 1. The van der Waals surface area contributed by atoms with E-state index in [1.807, 2.05) is 0 Å². The first-order chi connectivity index (χ1) is 11.1. The van der Waals surface area contributed by atoms with Crippen molar-refractivity contribution >= 4 is 23.6 Å². The number of nitrogens with one attached hydrogen (secondary N) is 1. The first-order valence-electron chi connectivity index (χ1n) is 8.41. The normalized spacial score (nSPS) is 10.8. The molecule has 0 radical (unpaired) electrons. The predicted molar refractivity (Wildman–Crippen MR) is 91.7 cm³/mol. The highest BCUT2D eigenvalue weighted by Crippen LogP contribution is 2.13. The molecule has 0 saturated carbocycles. The van der Waals surface area contributed by atoms with Crippen molar-refractivity contribution in [1.29, 1.82) is 0 Å². The Morgan fingerprint density at radius 2 is 1.61 bits per heavy atom. The molecule has 126 valence electrons. The molecule has 1 rings (SSSR count).